The van der Waals surface area contributed by atoms with Crippen LogP contribution in [0.4, 0.5) is 0 Å². The summed E-state index contributed by atoms with van der Waals surface area (Å²) in [5.41, 5.74) is 0. The lowest BCUT2D eigenvalue weighted by Gasteiger charge is -2.48. The number of nitrogens with zero attached hydrogens (tertiary/aromatic N) is 1. The van der Waals surface area contributed by atoms with Crippen LogP contribution in [0.25, 0.3) is 0 Å². The number of likely N-dealkylation sites (tertiary alicyclic amines) is 1. The molecule has 5 heteroatoms. The molecule has 0 N–H and O–H groups in total. The van der Waals surface area contributed by atoms with Crippen molar-refractivity contribution in [2.24, 2.45) is 0 Å². The Morgan fingerprint density at radius 3 is 2.28 bits per heavy atom. The molecule has 4 atom stereocenters. The van der Waals surface area contributed by atoms with E-state index in [1.165, 1.54) is 0 Å². The second-order valence-electron chi connectivity index (χ2n) is 9.32. The van der Waals surface area contributed by atoms with Crippen LogP contribution in [0, 0.1) is 0 Å². The maximum atomic E-state index is 6.79. The molecule has 2 aliphatic heterocycles. The molecular formula is C20H37NO3Si. The van der Waals surface area contributed by atoms with Gasteiger partial charge in [0.1, 0.15) is 12.2 Å². The van der Waals surface area contributed by atoms with Gasteiger partial charge in [0.05, 0.1) is 6.10 Å². The maximum Gasteiger partial charge on any atom is 0.192 e. The fraction of sp³-hybridized carbons (Fsp3) is 0.800. The van der Waals surface area contributed by atoms with Gasteiger partial charge in [0.25, 0.3) is 0 Å². The number of hydrogen-bond acceptors (Lipinski definition) is 4. The lowest BCUT2D eigenvalue weighted by Crippen LogP contribution is -2.63. The molecule has 0 saturated carbocycles. The molecular weight excluding hydrogens is 330 g/mol. The first-order valence-electron chi connectivity index (χ1n) is 9.41. The summed E-state index contributed by atoms with van der Waals surface area (Å²) in [6.45, 7) is 25.0. The highest BCUT2D eigenvalue weighted by Gasteiger charge is 2.55. The fourth-order valence-electron chi connectivity index (χ4n) is 3.57. The van der Waals surface area contributed by atoms with Crippen LogP contribution in [-0.4, -0.2) is 56.4 Å². The summed E-state index contributed by atoms with van der Waals surface area (Å²) in [5.74, 6) is -0.575. The molecule has 0 unspecified atom stereocenters. The van der Waals surface area contributed by atoms with Gasteiger partial charge in [0.15, 0.2) is 14.1 Å². The number of piperidine rings is 1. The third kappa shape index (κ3) is 4.45. The van der Waals surface area contributed by atoms with Gasteiger partial charge in [-0.05, 0) is 38.4 Å². The Bertz CT molecular complexity index is 498. The van der Waals surface area contributed by atoms with E-state index >= 15 is 0 Å². The lowest BCUT2D eigenvalue weighted by molar-refractivity contribution is -0.152. The molecule has 2 saturated heterocycles. The van der Waals surface area contributed by atoms with Crippen molar-refractivity contribution in [1.29, 1.82) is 0 Å². The van der Waals surface area contributed by atoms with Crippen LogP contribution in [0.1, 0.15) is 41.0 Å². The van der Waals surface area contributed by atoms with Crippen molar-refractivity contribution in [2.45, 2.75) is 89.3 Å². The molecule has 0 spiro atoms. The summed E-state index contributed by atoms with van der Waals surface area (Å²) in [5, 5.41) is 0.165. The second kappa shape index (κ2) is 7.28. The number of rotatable bonds is 6. The SMILES string of the molecule is C=CC[C@H]1[C@@H]2OC(C)(C)O[C@@H]2[C@H](O[Si](C)(C)C(C)(C)C)CN1CC=C. The van der Waals surface area contributed by atoms with Crippen LogP contribution in [0.5, 0.6) is 0 Å². The van der Waals surface area contributed by atoms with E-state index in [1.54, 1.807) is 0 Å². The largest absolute Gasteiger partial charge is 0.410 e. The Morgan fingerprint density at radius 2 is 1.76 bits per heavy atom. The maximum absolute atomic E-state index is 6.79. The molecule has 0 amide bonds. The molecule has 144 valence electrons. The van der Waals surface area contributed by atoms with Gasteiger partial charge >= 0.3 is 0 Å². The van der Waals surface area contributed by atoms with Crippen LogP contribution in [0.15, 0.2) is 25.3 Å². The van der Waals surface area contributed by atoms with E-state index < -0.39 is 14.1 Å². The summed E-state index contributed by atoms with van der Waals surface area (Å²) in [4.78, 5) is 2.42. The molecule has 2 rings (SSSR count). The summed E-state index contributed by atoms with van der Waals surface area (Å²) >= 11 is 0. The zero-order chi connectivity index (χ0) is 19.0. The minimum atomic E-state index is -1.90. The summed E-state index contributed by atoms with van der Waals surface area (Å²) in [7, 11) is -1.90. The molecule has 25 heavy (non-hydrogen) atoms. The van der Waals surface area contributed by atoms with Crippen molar-refractivity contribution in [2.75, 3.05) is 13.1 Å². The summed E-state index contributed by atoms with van der Waals surface area (Å²) < 4.78 is 19.4. The van der Waals surface area contributed by atoms with Gasteiger partial charge in [0, 0.05) is 19.1 Å². The molecule has 0 aromatic heterocycles. The Kier molecular flexibility index (Phi) is 6.07. The molecule has 0 aromatic rings. The Labute approximate surface area is 155 Å². The predicted molar refractivity (Wildman–Crippen MR) is 106 cm³/mol. The van der Waals surface area contributed by atoms with Crippen LogP contribution in [0.3, 0.4) is 0 Å². The van der Waals surface area contributed by atoms with E-state index in [0.29, 0.717) is 0 Å². The molecule has 2 heterocycles. The van der Waals surface area contributed by atoms with Crippen LogP contribution in [-0.2, 0) is 13.9 Å². The second-order valence-corrected chi connectivity index (χ2v) is 14.1. The van der Waals surface area contributed by atoms with E-state index in [1.807, 2.05) is 26.0 Å². The van der Waals surface area contributed by atoms with Crippen molar-refractivity contribution in [3.63, 3.8) is 0 Å². The van der Waals surface area contributed by atoms with Crippen molar-refractivity contribution in [3.05, 3.63) is 25.3 Å². The van der Waals surface area contributed by atoms with Crippen molar-refractivity contribution >= 4 is 8.32 Å². The third-order valence-electron chi connectivity index (χ3n) is 5.82. The first-order valence-corrected chi connectivity index (χ1v) is 12.3. The van der Waals surface area contributed by atoms with Gasteiger partial charge in [-0.15, -0.1) is 13.2 Å². The molecule has 2 aliphatic rings. The quantitative estimate of drug-likeness (QED) is 0.516. The Balaban J connectivity index is 2.31. The van der Waals surface area contributed by atoms with E-state index in [0.717, 1.165) is 19.5 Å². The van der Waals surface area contributed by atoms with Gasteiger partial charge < -0.3 is 13.9 Å². The normalized spacial score (nSPS) is 33.1. The first-order chi connectivity index (χ1) is 11.4. The van der Waals surface area contributed by atoms with Crippen molar-refractivity contribution < 1.29 is 13.9 Å². The lowest BCUT2D eigenvalue weighted by atomic mass is 9.92. The predicted octanol–water partition coefficient (Wildman–Crippen LogP) is 4.34. The smallest absolute Gasteiger partial charge is 0.192 e. The summed E-state index contributed by atoms with van der Waals surface area (Å²) in [6, 6.07) is 0.251. The van der Waals surface area contributed by atoms with E-state index in [-0.39, 0.29) is 29.4 Å². The zero-order valence-corrected chi connectivity index (χ0v) is 18.2. The van der Waals surface area contributed by atoms with Crippen molar-refractivity contribution in [3.8, 4) is 0 Å². The van der Waals surface area contributed by atoms with Crippen LogP contribution >= 0.6 is 0 Å². The molecule has 0 bridgehead atoms. The topological polar surface area (TPSA) is 30.9 Å². The van der Waals surface area contributed by atoms with Gasteiger partial charge in [-0.25, -0.2) is 0 Å². The third-order valence-corrected chi connectivity index (χ3v) is 10.3. The fourth-order valence-corrected chi connectivity index (χ4v) is 4.89. The highest BCUT2D eigenvalue weighted by Crippen LogP contribution is 2.43. The number of hydrogen-bond donors (Lipinski definition) is 0. The number of ether oxygens (including phenoxy) is 2. The number of fused-ring (bicyclic) bond motifs is 1. The minimum absolute atomic E-state index is 0.00327. The Morgan fingerprint density at radius 1 is 1.16 bits per heavy atom. The van der Waals surface area contributed by atoms with E-state index in [2.05, 4.69) is 51.9 Å². The summed E-state index contributed by atoms with van der Waals surface area (Å²) in [6.07, 6.45) is 4.80. The van der Waals surface area contributed by atoms with Gasteiger partial charge in [-0.3, -0.25) is 4.90 Å². The first kappa shape index (κ1) is 20.8. The average Bonchev–Trinajstić information content (AvgIpc) is 2.77. The van der Waals surface area contributed by atoms with Crippen LogP contribution in [0.2, 0.25) is 18.1 Å². The monoisotopic (exact) mass is 367 g/mol. The molecule has 0 radical (unpaired) electrons. The van der Waals surface area contributed by atoms with Gasteiger partial charge in [-0.1, -0.05) is 32.9 Å². The zero-order valence-electron chi connectivity index (χ0n) is 17.2. The highest BCUT2D eigenvalue weighted by atomic mass is 28.4. The van der Waals surface area contributed by atoms with E-state index in [4.69, 9.17) is 13.9 Å². The van der Waals surface area contributed by atoms with Crippen molar-refractivity contribution in [1.82, 2.24) is 4.90 Å². The highest BCUT2D eigenvalue weighted by molar-refractivity contribution is 6.74. The molecule has 0 aliphatic carbocycles. The standard InChI is InChI=1S/C20H37NO3Si/c1-10-12-15-17-18(23-20(6,7)22-17)16(14-21(15)13-11-2)24-25(8,9)19(3,4)5/h10-11,15-18H,1-2,12-14H2,3-9H3/t15-,16+,17-,18+/m0/s1. The molecule has 4 nitrogen and oxygen atoms in total. The van der Waals surface area contributed by atoms with Gasteiger partial charge in [0.2, 0.25) is 0 Å². The van der Waals surface area contributed by atoms with E-state index in [9.17, 15) is 0 Å². The van der Waals surface area contributed by atoms with Crippen LogP contribution < -0.4 is 0 Å². The Hall–Kier alpha value is -0.463. The average molecular weight is 368 g/mol. The molecule has 2 fully saturated rings. The van der Waals surface area contributed by atoms with Gasteiger partial charge in [-0.2, -0.15) is 0 Å². The minimum Gasteiger partial charge on any atom is -0.410 e. The molecule has 0 aromatic carbocycles.